The SMILES string of the molecule is C=NC(=CC=CC)c1nc(-c2ccccn2)n(Cc2ccccc2F)n1. The normalized spacial score (nSPS) is 11.8. The lowest BCUT2D eigenvalue weighted by atomic mass is 10.2. The van der Waals surface area contributed by atoms with E-state index in [2.05, 4.69) is 26.8 Å². The van der Waals surface area contributed by atoms with Gasteiger partial charge in [0.05, 0.1) is 6.54 Å². The van der Waals surface area contributed by atoms with Crippen LogP contribution in [0.2, 0.25) is 0 Å². The van der Waals surface area contributed by atoms with Crippen molar-refractivity contribution >= 4 is 12.4 Å². The van der Waals surface area contributed by atoms with Gasteiger partial charge in [-0.05, 0) is 37.9 Å². The molecule has 0 fully saturated rings. The summed E-state index contributed by atoms with van der Waals surface area (Å²) >= 11 is 0. The number of aromatic nitrogens is 4. The van der Waals surface area contributed by atoms with Crippen LogP contribution in [0.25, 0.3) is 17.2 Å². The number of pyridine rings is 1. The van der Waals surface area contributed by atoms with Gasteiger partial charge >= 0.3 is 0 Å². The van der Waals surface area contributed by atoms with Crippen molar-refractivity contribution in [1.82, 2.24) is 19.7 Å². The van der Waals surface area contributed by atoms with E-state index in [9.17, 15) is 4.39 Å². The van der Waals surface area contributed by atoms with Crippen LogP contribution in [0.15, 0.2) is 71.9 Å². The van der Waals surface area contributed by atoms with Gasteiger partial charge in [-0.1, -0.05) is 36.4 Å². The molecule has 26 heavy (non-hydrogen) atoms. The van der Waals surface area contributed by atoms with Crippen molar-refractivity contribution in [3.63, 3.8) is 0 Å². The summed E-state index contributed by atoms with van der Waals surface area (Å²) in [4.78, 5) is 12.9. The predicted octanol–water partition coefficient (Wildman–Crippen LogP) is 4.15. The average molecular weight is 347 g/mol. The van der Waals surface area contributed by atoms with Crippen molar-refractivity contribution in [3.05, 3.63) is 84.1 Å². The molecule has 0 saturated heterocycles. The molecule has 0 aliphatic carbocycles. The predicted molar refractivity (Wildman–Crippen MR) is 101 cm³/mol. The second kappa shape index (κ2) is 8.11. The number of aliphatic imine (C=N–C) groups is 1. The van der Waals surface area contributed by atoms with E-state index in [1.165, 1.54) is 6.07 Å². The van der Waals surface area contributed by atoms with Crippen LogP contribution in [-0.2, 0) is 6.54 Å². The lowest BCUT2D eigenvalue weighted by Gasteiger charge is -2.06. The van der Waals surface area contributed by atoms with Crippen LogP contribution in [0.1, 0.15) is 18.3 Å². The maximum absolute atomic E-state index is 14.1. The van der Waals surface area contributed by atoms with Crippen molar-refractivity contribution < 1.29 is 4.39 Å². The molecule has 0 amide bonds. The fourth-order valence-corrected chi connectivity index (χ4v) is 2.42. The van der Waals surface area contributed by atoms with E-state index in [0.29, 0.717) is 28.6 Å². The van der Waals surface area contributed by atoms with Crippen LogP contribution in [0.4, 0.5) is 4.39 Å². The highest BCUT2D eigenvalue weighted by atomic mass is 19.1. The summed E-state index contributed by atoms with van der Waals surface area (Å²) in [7, 11) is 0. The first-order valence-electron chi connectivity index (χ1n) is 8.12. The van der Waals surface area contributed by atoms with Gasteiger partial charge in [0.1, 0.15) is 17.2 Å². The Labute approximate surface area is 151 Å². The molecule has 6 heteroatoms. The van der Waals surface area contributed by atoms with Crippen LogP contribution in [0.5, 0.6) is 0 Å². The zero-order valence-electron chi connectivity index (χ0n) is 14.4. The monoisotopic (exact) mass is 347 g/mol. The number of halogens is 1. The van der Waals surface area contributed by atoms with Gasteiger partial charge in [-0.2, -0.15) is 0 Å². The summed E-state index contributed by atoms with van der Waals surface area (Å²) in [5.41, 5.74) is 1.70. The Balaban J connectivity index is 2.09. The highest BCUT2D eigenvalue weighted by Crippen LogP contribution is 2.21. The molecule has 0 N–H and O–H groups in total. The smallest absolute Gasteiger partial charge is 0.200 e. The molecule has 2 heterocycles. The van der Waals surface area contributed by atoms with Gasteiger partial charge in [0.2, 0.25) is 0 Å². The summed E-state index contributed by atoms with van der Waals surface area (Å²) in [5.74, 6) is 0.664. The summed E-state index contributed by atoms with van der Waals surface area (Å²) in [6, 6.07) is 12.1. The molecule has 0 unspecified atom stereocenters. The van der Waals surface area contributed by atoms with Gasteiger partial charge in [0.25, 0.3) is 0 Å². The summed E-state index contributed by atoms with van der Waals surface area (Å²) in [6.45, 7) is 5.72. The minimum Gasteiger partial charge on any atom is -0.261 e. The average Bonchev–Trinajstić information content (AvgIpc) is 3.09. The Bertz CT molecular complexity index is 957. The Morgan fingerprint density at radius 3 is 2.73 bits per heavy atom. The first-order chi connectivity index (χ1) is 12.7. The second-order valence-corrected chi connectivity index (χ2v) is 5.46. The van der Waals surface area contributed by atoms with Crippen molar-refractivity contribution in [3.8, 4) is 11.5 Å². The van der Waals surface area contributed by atoms with E-state index in [-0.39, 0.29) is 12.4 Å². The molecule has 0 aliphatic heterocycles. The van der Waals surface area contributed by atoms with E-state index in [1.807, 2.05) is 37.3 Å². The van der Waals surface area contributed by atoms with Crippen molar-refractivity contribution in [2.45, 2.75) is 13.5 Å². The van der Waals surface area contributed by atoms with Crippen LogP contribution < -0.4 is 0 Å². The zero-order chi connectivity index (χ0) is 18.4. The van der Waals surface area contributed by atoms with E-state index in [4.69, 9.17) is 0 Å². The number of hydrogen-bond donors (Lipinski definition) is 0. The molecule has 0 atom stereocenters. The van der Waals surface area contributed by atoms with Crippen LogP contribution in [-0.4, -0.2) is 26.5 Å². The van der Waals surface area contributed by atoms with E-state index in [1.54, 1.807) is 35.2 Å². The second-order valence-electron chi connectivity index (χ2n) is 5.46. The molecule has 0 spiro atoms. The Morgan fingerprint density at radius 1 is 1.23 bits per heavy atom. The van der Waals surface area contributed by atoms with Gasteiger partial charge in [0, 0.05) is 11.8 Å². The molecule has 0 radical (unpaired) electrons. The first-order valence-corrected chi connectivity index (χ1v) is 8.12. The molecule has 3 aromatic rings. The van der Waals surface area contributed by atoms with Gasteiger partial charge < -0.3 is 0 Å². The standard InChI is InChI=1S/C20H18FN5/c1-3-4-11-17(22-2)19-24-20(18-12-7-8-13-23-18)26(25-19)14-15-9-5-6-10-16(15)21/h3-13H,2,14H2,1H3. The number of benzene rings is 1. The molecule has 130 valence electrons. The molecular formula is C20H18FN5. The Morgan fingerprint density at radius 2 is 2.04 bits per heavy atom. The fraction of sp³-hybridized carbons (Fsp3) is 0.100. The summed E-state index contributed by atoms with van der Waals surface area (Å²) in [6.07, 6.45) is 7.17. The van der Waals surface area contributed by atoms with Crippen molar-refractivity contribution in [2.75, 3.05) is 0 Å². The van der Waals surface area contributed by atoms with Crippen LogP contribution >= 0.6 is 0 Å². The Hall–Kier alpha value is -3.41. The van der Waals surface area contributed by atoms with Gasteiger partial charge in [0.15, 0.2) is 11.6 Å². The Kier molecular flexibility index (Phi) is 5.43. The van der Waals surface area contributed by atoms with E-state index in [0.717, 1.165) is 0 Å². The van der Waals surface area contributed by atoms with Crippen LogP contribution in [0.3, 0.4) is 0 Å². The minimum absolute atomic E-state index is 0.236. The number of allylic oxidation sites excluding steroid dienone is 3. The molecule has 1 aromatic carbocycles. The first kappa shape index (κ1) is 17.4. The summed E-state index contributed by atoms with van der Waals surface area (Å²) < 4.78 is 15.7. The highest BCUT2D eigenvalue weighted by molar-refractivity contribution is 5.66. The zero-order valence-corrected chi connectivity index (χ0v) is 14.4. The maximum atomic E-state index is 14.1. The maximum Gasteiger partial charge on any atom is 0.200 e. The number of hydrogen-bond acceptors (Lipinski definition) is 4. The van der Waals surface area contributed by atoms with Crippen molar-refractivity contribution in [1.29, 1.82) is 0 Å². The van der Waals surface area contributed by atoms with Crippen molar-refractivity contribution in [2.24, 2.45) is 4.99 Å². The molecule has 0 saturated carbocycles. The van der Waals surface area contributed by atoms with E-state index < -0.39 is 0 Å². The fourth-order valence-electron chi connectivity index (χ4n) is 2.42. The summed E-state index contributed by atoms with van der Waals surface area (Å²) in [5, 5.41) is 4.51. The quantitative estimate of drug-likeness (QED) is 0.497. The molecule has 3 rings (SSSR count). The minimum atomic E-state index is -0.289. The topological polar surface area (TPSA) is 56.0 Å². The lowest BCUT2D eigenvalue weighted by molar-refractivity contribution is 0.586. The lowest BCUT2D eigenvalue weighted by Crippen LogP contribution is -2.06. The third kappa shape index (κ3) is 3.80. The molecule has 5 nitrogen and oxygen atoms in total. The van der Waals surface area contributed by atoms with Gasteiger partial charge in [-0.3, -0.25) is 9.98 Å². The van der Waals surface area contributed by atoms with Crippen LogP contribution in [0, 0.1) is 5.82 Å². The highest BCUT2D eigenvalue weighted by Gasteiger charge is 2.16. The molecule has 2 aromatic heterocycles. The number of nitrogens with zero attached hydrogens (tertiary/aromatic N) is 5. The molecular weight excluding hydrogens is 329 g/mol. The van der Waals surface area contributed by atoms with Gasteiger partial charge in [-0.25, -0.2) is 14.1 Å². The van der Waals surface area contributed by atoms with Gasteiger partial charge in [-0.15, -0.1) is 5.10 Å². The molecule has 0 bridgehead atoms. The third-order valence-electron chi connectivity index (χ3n) is 3.69. The number of rotatable bonds is 6. The largest absolute Gasteiger partial charge is 0.261 e. The van der Waals surface area contributed by atoms with E-state index >= 15 is 0 Å². The molecule has 0 aliphatic rings. The third-order valence-corrected chi connectivity index (χ3v) is 3.69.